The summed E-state index contributed by atoms with van der Waals surface area (Å²) >= 11 is 0. The van der Waals surface area contributed by atoms with Crippen molar-refractivity contribution in [2.24, 2.45) is 0 Å². The number of likely N-dealkylation sites (tertiary alicyclic amines) is 1. The Bertz CT molecular complexity index is 943. The summed E-state index contributed by atoms with van der Waals surface area (Å²) in [5, 5.41) is 0. The number of nitrogens with zero attached hydrogens (tertiary/aromatic N) is 1. The first-order chi connectivity index (χ1) is 13.7. The molecule has 0 bridgehead atoms. The predicted octanol–water partition coefficient (Wildman–Crippen LogP) is 4.61. The van der Waals surface area contributed by atoms with E-state index >= 15 is 0 Å². The van der Waals surface area contributed by atoms with Gasteiger partial charge in [-0.1, -0.05) is 12.1 Å². The zero-order valence-electron chi connectivity index (χ0n) is 16.6. The van der Waals surface area contributed by atoms with Crippen LogP contribution in [0.4, 0.5) is 0 Å². The van der Waals surface area contributed by atoms with Crippen molar-refractivity contribution in [2.75, 3.05) is 26.7 Å². The molecule has 0 N–H and O–H groups in total. The van der Waals surface area contributed by atoms with Gasteiger partial charge in [0.1, 0.15) is 0 Å². The summed E-state index contributed by atoms with van der Waals surface area (Å²) in [6.45, 7) is 5.38. The predicted molar refractivity (Wildman–Crippen MR) is 112 cm³/mol. The zero-order valence-corrected chi connectivity index (χ0v) is 17.4. The molecule has 6 heteroatoms. The molecule has 1 fully saturated rings. The van der Waals surface area contributed by atoms with E-state index in [2.05, 4.69) is 42.2 Å². The Morgan fingerprint density at radius 2 is 1.62 bits per heavy atom. The lowest BCUT2D eigenvalue weighted by atomic mass is 9.69. The Kier molecular flexibility index (Phi) is 4.56. The Morgan fingerprint density at radius 1 is 0.897 bits per heavy atom. The fraction of sp³-hybridized carbons (Fsp3) is 0.478. The molecule has 6 rings (SSSR count). The van der Waals surface area contributed by atoms with Crippen LogP contribution in [0.5, 0.6) is 23.0 Å². The smallest absolute Gasteiger partial charge is 0.231 e. The molecule has 3 aliphatic heterocycles. The van der Waals surface area contributed by atoms with Crippen molar-refractivity contribution in [3.05, 3.63) is 47.0 Å². The van der Waals surface area contributed by atoms with E-state index in [1.54, 1.807) is 0 Å². The third kappa shape index (κ3) is 2.86. The normalized spacial score (nSPS) is 26.9. The van der Waals surface area contributed by atoms with Gasteiger partial charge in [0, 0.05) is 11.1 Å². The average molecular weight is 416 g/mol. The SMILES string of the molecule is CC1(N2CCCC2)CC(c2ccc3c(c2)OCO3)Cc2c1ccc1c2OCO1.Cl. The van der Waals surface area contributed by atoms with Crippen LogP contribution in [0, 0.1) is 0 Å². The van der Waals surface area contributed by atoms with Gasteiger partial charge in [-0.15, -0.1) is 12.4 Å². The van der Waals surface area contributed by atoms with Crippen LogP contribution in [-0.2, 0) is 12.0 Å². The molecule has 1 saturated heterocycles. The van der Waals surface area contributed by atoms with Crippen molar-refractivity contribution in [3.8, 4) is 23.0 Å². The summed E-state index contributed by atoms with van der Waals surface area (Å²) in [6, 6.07) is 10.8. The summed E-state index contributed by atoms with van der Waals surface area (Å²) in [6.07, 6.45) is 4.62. The van der Waals surface area contributed by atoms with Crippen LogP contribution in [0.15, 0.2) is 30.3 Å². The molecule has 2 atom stereocenters. The van der Waals surface area contributed by atoms with Crippen LogP contribution in [-0.4, -0.2) is 31.6 Å². The number of halogens is 1. The van der Waals surface area contributed by atoms with Gasteiger partial charge in [-0.05, 0) is 80.9 Å². The van der Waals surface area contributed by atoms with Crippen molar-refractivity contribution < 1.29 is 18.9 Å². The van der Waals surface area contributed by atoms with Crippen molar-refractivity contribution >= 4 is 12.4 Å². The van der Waals surface area contributed by atoms with Crippen molar-refractivity contribution in [3.63, 3.8) is 0 Å². The maximum atomic E-state index is 5.93. The molecule has 29 heavy (non-hydrogen) atoms. The van der Waals surface area contributed by atoms with E-state index in [-0.39, 0.29) is 17.9 Å². The Balaban J connectivity index is 0.00000181. The fourth-order valence-corrected chi connectivity index (χ4v) is 5.56. The zero-order chi connectivity index (χ0) is 18.7. The first-order valence-corrected chi connectivity index (χ1v) is 10.3. The second-order valence-corrected chi connectivity index (χ2v) is 8.51. The maximum Gasteiger partial charge on any atom is 0.231 e. The molecule has 1 aliphatic carbocycles. The Hall–Kier alpha value is -2.11. The molecule has 0 aromatic heterocycles. The maximum absolute atomic E-state index is 5.93. The standard InChI is InChI=1S/C23H25NO4.ClH/c1-23(24-8-2-3-9-24)12-16(15-4-6-19-21(11-15)27-13-25-19)10-17-18(23)5-7-20-22(17)28-14-26-20;/h4-7,11,16H,2-3,8-10,12-14H2,1H3;1H. The van der Waals surface area contributed by atoms with Gasteiger partial charge in [0.2, 0.25) is 13.6 Å². The molecule has 2 unspecified atom stereocenters. The number of hydrogen-bond donors (Lipinski definition) is 0. The van der Waals surface area contributed by atoms with Gasteiger partial charge in [0.25, 0.3) is 0 Å². The van der Waals surface area contributed by atoms with Crippen LogP contribution in [0.3, 0.4) is 0 Å². The minimum atomic E-state index is 0. The van der Waals surface area contributed by atoms with Crippen LogP contribution < -0.4 is 18.9 Å². The van der Waals surface area contributed by atoms with E-state index in [0.717, 1.165) is 48.9 Å². The number of fused-ring (bicyclic) bond motifs is 4. The lowest BCUT2D eigenvalue weighted by Crippen LogP contribution is -2.46. The Morgan fingerprint density at radius 3 is 2.48 bits per heavy atom. The molecule has 0 amide bonds. The molecule has 2 aromatic carbocycles. The van der Waals surface area contributed by atoms with E-state index < -0.39 is 0 Å². The summed E-state index contributed by atoms with van der Waals surface area (Å²) in [5.41, 5.74) is 4.05. The van der Waals surface area contributed by atoms with Crippen molar-refractivity contribution in [1.29, 1.82) is 0 Å². The van der Waals surface area contributed by atoms with Crippen LogP contribution in [0.1, 0.15) is 48.8 Å². The van der Waals surface area contributed by atoms with Crippen LogP contribution >= 0.6 is 12.4 Å². The molecule has 3 heterocycles. The largest absolute Gasteiger partial charge is 0.454 e. The van der Waals surface area contributed by atoms with Gasteiger partial charge >= 0.3 is 0 Å². The summed E-state index contributed by atoms with van der Waals surface area (Å²) in [4.78, 5) is 2.67. The van der Waals surface area contributed by atoms with E-state index in [4.69, 9.17) is 18.9 Å². The molecule has 154 valence electrons. The molecular formula is C23H26ClNO4. The monoisotopic (exact) mass is 415 g/mol. The Labute approximate surface area is 177 Å². The molecule has 4 aliphatic rings. The number of benzene rings is 2. The third-order valence-electron chi connectivity index (χ3n) is 6.99. The van der Waals surface area contributed by atoms with Crippen LogP contribution in [0.25, 0.3) is 0 Å². The van der Waals surface area contributed by atoms with E-state index in [1.165, 1.54) is 29.5 Å². The lowest BCUT2D eigenvalue weighted by Gasteiger charge is -2.46. The second kappa shape index (κ2) is 6.99. The number of hydrogen-bond acceptors (Lipinski definition) is 5. The minimum absolute atomic E-state index is 0. The summed E-state index contributed by atoms with van der Waals surface area (Å²) in [5.74, 6) is 3.95. The second-order valence-electron chi connectivity index (χ2n) is 8.51. The molecule has 0 radical (unpaired) electrons. The van der Waals surface area contributed by atoms with Crippen molar-refractivity contribution in [1.82, 2.24) is 4.90 Å². The highest BCUT2D eigenvalue weighted by Gasteiger charge is 2.44. The van der Waals surface area contributed by atoms with Gasteiger partial charge in [0.15, 0.2) is 23.0 Å². The molecule has 2 aromatic rings. The first-order valence-electron chi connectivity index (χ1n) is 10.3. The fourth-order valence-electron chi connectivity index (χ4n) is 5.56. The van der Waals surface area contributed by atoms with Crippen LogP contribution in [0.2, 0.25) is 0 Å². The highest BCUT2D eigenvalue weighted by Crippen LogP contribution is 2.52. The topological polar surface area (TPSA) is 40.2 Å². The molecule has 5 nitrogen and oxygen atoms in total. The lowest BCUT2D eigenvalue weighted by molar-refractivity contribution is 0.104. The van der Waals surface area contributed by atoms with Gasteiger partial charge in [0.05, 0.1) is 0 Å². The van der Waals surface area contributed by atoms with E-state index in [9.17, 15) is 0 Å². The highest BCUT2D eigenvalue weighted by molar-refractivity contribution is 5.85. The third-order valence-corrected chi connectivity index (χ3v) is 6.99. The summed E-state index contributed by atoms with van der Waals surface area (Å²) in [7, 11) is 0. The van der Waals surface area contributed by atoms with E-state index in [0.29, 0.717) is 19.5 Å². The molecular weight excluding hydrogens is 390 g/mol. The first kappa shape index (κ1) is 18.9. The quantitative estimate of drug-likeness (QED) is 0.716. The van der Waals surface area contributed by atoms with E-state index in [1.807, 2.05) is 0 Å². The van der Waals surface area contributed by atoms with Gasteiger partial charge in [-0.25, -0.2) is 0 Å². The van der Waals surface area contributed by atoms with Crippen molar-refractivity contribution in [2.45, 2.75) is 44.1 Å². The number of ether oxygens (including phenoxy) is 4. The van der Waals surface area contributed by atoms with Gasteiger partial charge in [-0.2, -0.15) is 0 Å². The number of rotatable bonds is 2. The average Bonchev–Trinajstić information content (AvgIpc) is 3.48. The van der Waals surface area contributed by atoms with Gasteiger partial charge < -0.3 is 18.9 Å². The summed E-state index contributed by atoms with van der Waals surface area (Å²) < 4.78 is 22.8. The minimum Gasteiger partial charge on any atom is -0.454 e. The van der Waals surface area contributed by atoms with Gasteiger partial charge in [-0.3, -0.25) is 4.90 Å². The molecule has 0 saturated carbocycles. The highest BCUT2D eigenvalue weighted by atomic mass is 35.5. The molecule has 0 spiro atoms.